The summed E-state index contributed by atoms with van der Waals surface area (Å²) in [4.78, 5) is 36.5. The number of benzene rings is 1. The van der Waals surface area contributed by atoms with Gasteiger partial charge in [-0.2, -0.15) is 4.72 Å². The van der Waals surface area contributed by atoms with E-state index in [-0.39, 0.29) is 11.4 Å². The van der Waals surface area contributed by atoms with Gasteiger partial charge in [-0.3, -0.25) is 14.5 Å². The van der Waals surface area contributed by atoms with E-state index in [2.05, 4.69) is 10.0 Å². The molecule has 2 rings (SSSR count). The predicted molar refractivity (Wildman–Crippen MR) is 101 cm³/mol. The third kappa shape index (κ3) is 4.50. The summed E-state index contributed by atoms with van der Waals surface area (Å²) in [5.41, 5.74) is 2.86. The van der Waals surface area contributed by atoms with Crippen LogP contribution in [-0.2, 0) is 24.3 Å². The molecule has 10 heteroatoms. The normalized spacial score (nSPS) is 15.3. The summed E-state index contributed by atoms with van der Waals surface area (Å²) in [5, 5.41) is 2.46. The lowest BCUT2D eigenvalue weighted by atomic mass is 10.0. The fourth-order valence-corrected chi connectivity index (χ4v) is 4.78. The zero-order valence-electron chi connectivity index (χ0n) is 16.6. The maximum atomic E-state index is 12.8. The molecular formula is C18H25N3O6S. The molecule has 0 unspecified atom stereocenters. The van der Waals surface area contributed by atoms with Gasteiger partial charge >= 0.3 is 12.0 Å². The minimum Gasteiger partial charge on any atom is -0.454 e. The summed E-state index contributed by atoms with van der Waals surface area (Å²) >= 11 is 0. The molecule has 0 radical (unpaired) electrons. The van der Waals surface area contributed by atoms with E-state index in [0.717, 1.165) is 16.0 Å². The molecule has 9 nitrogen and oxygen atoms in total. The minimum absolute atomic E-state index is 0.134. The molecule has 28 heavy (non-hydrogen) atoms. The minimum atomic E-state index is -3.98. The average Bonchev–Trinajstić information content (AvgIpc) is 3.03. The lowest BCUT2D eigenvalue weighted by Gasteiger charge is -2.19. The van der Waals surface area contributed by atoms with Gasteiger partial charge in [-0.1, -0.05) is 6.07 Å². The Morgan fingerprint density at radius 2 is 1.79 bits per heavy atom. The maximum Gasteiger partial charge on any atom is 0.324 e. The molecule has 1 aromatic rings. The van der Waals surface area contributed by atoms with E-state index in [9.17, 15) is 22.8 Å². The molecule has 0 saturated carbocycles. The van der Waals surface area contributed by atoms with E-state index in [1.807, 2.05) is 19.9 Å². The fraction of sp³-hybridized carbons (Fsp3) is 0.500. The van der Waals surface area contributed by atoms with Gasteiger partial charge in [-0.15, -0.1) is 0 Å². The molecule has 0 aromatic heterocycles. The number of carbonyl (C=O) groups is 3. The van der Waals surface area contributed by atoms with Crippen molar-refractivity contribution < 1.29 is 27.5 Å². The van der Waals surface area contributed by atoms with Crippen LogP contribution in [0, 0.1) is 27.7 Å². The van der Waals surface area contributed by atoms with Gasteiger partial charge in [0.25, 0.3) is 5.91 Å². The maximum absolute atomic E-state index is 12.8. The Hall–Kier alpha value is -2.46. The summed E-state index contributed by atoms with van der Waals surface area (Å²) in [6, 6.07) is 0.155. The van der Waals surface area contributed by atoms with Gasteiger partial charge in [0.1, 0.15) is 6.04 Å². The average molecular weight is 411 g/mol. The first-order valence-electron chi connectivity index (χ1n) is 8.80. The molecule has 1 aromatic carbocycles. The summed E-state index contributed by atoms with van der Waals surface area (Å²) in [7, 11) is -3.98. The molecule has 2 N–H and O–H groups in total. The standard InChI is InChI=1S/C18H25N3O6S/c1-10-8-11(2)13(4)16(12(10)3)28(25,26)20-14(5)17(23)27-9-15(22)21-7-6-19-18(21)24/h8,14,20H,6-7,9H2,1-5H3,(H,19,24)/t14-/m0/s1. The Morgan fingerprint density at radius 3 is 2.29 bits per heavy atom. The molecule has 1 heterocycles. The third-order valence-electron chi connectivity index (χ3n) is 4.75. The number of amides is 3. The number of hydrogen-bond acceptors (Lipinski definition) is 6. The number of hydrogen-bond donors (Lipinski definition) is 2. The van der Waals surface area contributed by atoms with Crippen LogP contribution in [0.2, 0.25) is 0 Å². The fourth-order valence-electron chi connectivity index (χ4n) is 2.97. The van der Waals surface area contributed by atoms with Gasteiger partial charge in [0, 0.05) is 13.1 Å². The molecule has 1 atom stereocenters. The van der Waals surface area contributed by atoms with Crippen molar-refractivity contribution in [2.45, 2.75) is 45.6 Å². The predicted octanol–water partition coefficient (Wildman–Crippen LogP) is 0.682. The van der Waals surface area contributed by atoms with Crippen molar-refractivity contribution in [3.63, 3.8) is 0 Å². The Balaban J connectivity index is 2.07. The van der Waals surface area contributed by atoms with E-state index in [1.165, 1.54) is 6.92 Å². The van der Waals surface area contributed by atoms with Crippen LogP contribution in [0.15, 0.2) is 11.0 Å². The van der Waals surface area contributed by atoms with Crippen molar-refractivity contribution >= 4 is 27.9 Å². The summed E-state index contributed by atoms with van der Waals surface area (Å²) < 4.78 is 32.9. The molecule has 1 saturated heterocycles. The SMILES string of the molecule is Cc1cc(C)c(C)c(S(=O)(=O)N[C@@H](C)C(=O)OCC(=O)N2CCNC2=O)c1C. The van der Waals surface area contributed by atoms with Crippen LogP contribution >= 0.6 is 0 Å². The quantitative estimate of drug-likeness (QED) is 0.664. The second-order valence-electron chi connectivity index (χ2n) is 6.82. The van der Waals surface area contributed by atoms with Crippen LogP contribution < -0.4 is 10.0 Å². The Morgan fingerprint density at radius 1 is 1.21 bits per heavy atom. The molecule has 0 spiro atoms. The monoisotopic (exact) mass is 411 g/mol. The zero-order valence-corrected chi connectivity index (χ0v) is 17.4. The van der Waals surface area contributed by atoms with E-state index in [4.69, 9.17) is 4.74 Å². The summed E-state index contributed by atoms with van der Waals surface area (Å²) in [6.45, 7) is 8.28. The van der Waals surface area contributed by atoms with Gasteiger partial charge in [-0.25, -0.2) is 13.2 Å². The summed E-state index contributed by atoms with van der Waals surface area (Å²) in [6.07, 6.45) is 0. The lowest BCUT2D eigenvalue weighted by Crippen LogP contribution is -2.42. The zero-order chi connectivity index (χ0) is 21.2. The molecule has 1 aliphatic rings. The van der Waals surface area contributed by atoms with Crippen LogP contribution in [0.4, 0.5) is 4.79 Å². The Kier molecular flexibility index (Phi) is 6.45. The second kappa shape index (κ2) is 8.27. The number of aryl methyl sites for hydroxylation is 2. The molecule has 0 bridgehead atoms. The van der Waals surface area contributed by atoms with Gasteiger partial charge in [0.15, 0.2) is 6.61 Å². The largest absolute Gasteiger partial charge is 0.454 e. The molecule has 1 fully saturated rings. The van der Waals surface area contributed by atoms with Crippen LogP contribution in [0.3, 0.4) is 0 Å². The number of imide groups is 1. The van der Waals surface area contributed by atoms with Gasteiger partial charge < -0.3 is 10.1 Å². The number of sulfonamides is 1. The van der Waals surface area contributed by atoms with Crippen LogP contribution in [0.5, 0.6) is 0 Å². The van der Waals surface area contributed by atoms with E-state index < -0.39 is 40.6 Å². The number of esters is 1. The first-order valence-corrected chi connectivity index (χ1v) is 10.3. The number of urea groups is 1. The Bertz CT molecular complexity index is 899. The highest BCUT2D eigenvalue weighted by Crippen LogP contribution is 2.26. The van der Waals surface area contributed by atoms with Crippen molar-refractivity contribution in [2.75, 3.05) is 19.7 Å². The number of carbonyl (C=O) groups excluding carboxylic acids is 3. The van der Waals surface area contributed by atoms with E-state index in [1.54, 1.807) is 13.8 Å². The number of nitrogens with one attached hydrogen (secondary N) is 2. The highest BCUT2D eigenvalue weighted by molar-refractivity contribution is 7.89. The molecule has 0 aliphatic carbocycles. The first-order chi connectivity index (χ1) is 13.0. The van der Waals surface area contributed by atoms with Crippen molar-refractivity contribution in [3.8, 4) is 0 Å². The van der Waals surface area contributed by atoms with Crippen LogP contribution in [-0.4, -0.2) is 57.0 Å². The molecular weight excluding hydrogens is 386 g/mol. The van der Waals surface area contributed by atoms with Gasteiger partial charge in [-0.05, 0) is 56.9 Å². The molecule has 3 amide bonds. The smallest absolute Gasteiger partial charge is 0.324 e. The van der Waals surface area contributed by atoms with E-state index in [0.29, 0.717) is 17.7 Å². The number of ether oxygens (including phenoxy) is 1. The Labute approximate surface area is 164 Å². The number of rotatable bonds is 6. The highest BCUT2D eigenvalue weighted by Gasteiger charge is 2.30. The van der Waals surface area contributed by atoms with Crippen LogP contribution in [0.1, 0.15) is 29.2 Å². The third-order valence-corrected chi connectivity index (χ3v) is 6.56. The van der Waals surface area contributed by atoms with Gasteiger partial charge in [0.05, 0.1) is 4.90 Å². The highest BCUT2D eigenvalue weighted by atomic mass is 32.2. The van der Waals surface area contributed by atoms with Crippen molar-refractivity contribution in [1.29, 1.82) is 0 Å². The van der Waals surface area contributed by atoms with Crippen molar-refractivity contribution in [2.24, 2.45) is 0 Å². The number of nitrogens with zero attached hydrogens (tertiary/aromatic N) is 1. The van der Waals surface area contributed by atoms with Crippen molar-refractivity contribution in [3.05, 3.63) is 28.3 Å². The first kappa shape index (κ1) is 21.8. The second-order valence-corrected chi connectivity index (χ2v) is 8.47. The topological polar surface area (TPSA) is 122 Å². The molecule has 154 valence electrons. The molecule has 1 aliphatic heterocycles. The summed E-state index contributed by atoms with van der Waals surface area (Å²) in [5.74, 6) is -1.57. The van der Waals surface area contributed by atoms with Crippen LogP contribution in [0.25, 0.3) is 0 Å². The van der Waals surface area contributed by atoms with Gasteiger partial charge in [0.2, 0.25) is 10.0 Å². The van der Waals surface area contributed by atoms with E-state index >= 15 is 0 Å². The lowest BCUT2D eigenvalue weighted by molar-refractivity contribution is -0.151. The van der Waals surface area contributed by atoms with Crippen molar-refractivity contribution in [1.82, 2.24) is 14.9 Å².